The lowest BCUT2D eigenvalue weighted by atomic mass is 10.3. The number of benzene rings is 1. The second-order valence-electron chi connectivity index (χ2n) is 2.10. The minimum absolute atomic E-state index is 0.276. The Kier molecular flexibility index (Phi) is 4.31. The normalized spacial score (nSPS) is 9.92. The van der Waals surface area contributed by atoms with Crippen LogP contribution in [-0.4, -0.2) is 13.9 Å². The maximum absolute atomic E-state index is 5.29. The first-order valence-corrected chi connectivity index (χ1v) is 5.18. The molecule has 0 bridgehead atoms. The van der Waals surface area contributed by atoms with Gasteiger partial charge in [-0.2, -0.15) is 0 Å². The van der Waals surface area contributed by atoms with E-state index in [1.807, 2.05) is 18.2 Å². The third-order valence-corrected chi connectivity index (χ3v) is 3.71. The average Bonchev–Trinajstić information content (AvgIpc) is 2.08. The van der Waals surface area contributed by atoms with Crippen molar-refractivity contribution < 1.29 is 9.47 Å². The maximum atomic E-state index is 5.29. The summed E-state index contributed by atoms with van der Waals surface area (Å²) in [4.78, 5) is 0. The van der Waals surface area contributed by atoms with Crippen molar-refractivity contribution in [3.8, 4) is 5.75 Å². The molecular formula is C8H8BrIO2. The summed E-state index contributed by atoms with van der Waals surface area (Å²) in [7, 11) is 1.60. The van der Waals surface area contributed by atoms with Crippen molar-refractivity contribution in [3.63, 3.8) is 0 Å². The third-order valence-electron chi connectivity index (χ3n) is 1.25. The average molecular weight is 343 g/mol. The lowest BCUT2D eigenvalue weighted by Crippen LogP contribution is -1.99. The predicted octanol–water partition coefficient (Wildman–Crippen LogP) is 3.04. The lowest BCUT2D eigenvalue weighted by molar-refractivity contribution is 0.0505. The van der Waals surface area contributed by atoms with Gasteiger partial charge in [0.1, 0.15) is 5.75 Å². The van der Waals surface area contributed by atoms with E-state index in [0.29, 0.717) is 0 Å². The highest BCUT2D eigenvalue weighted by Gasteiger charge is 2.02. The number of hydrogen-bond donors (Lipinski definition) is 0. The summed E-state index contributed by atoms with van der Waals surface area (Å²) in [5, 5.41) is 0. The minimum Gasteiger partial charge on any atom is -0.466 e. The van der Waals surface area contributed by atoms with E-state index in [0.717, 1.165) is 13.8 Å². The number of hydrogen-bond acceptors (Lipinski definition) is 2. The molecule has 0 amide bonds. The molecule has 0 aliphatic rings. The molecule has 12 heavy (non-hydrogen) atoms. The zero-order valence-corrected chi connectivity index (χ0v) is 10.3. The van der Waals surface area contributed by atoms with Gasteiger partial charge in [0, 0.05) is 10.7 Å². The molecule has 0 spiro atoms. The van der Waals surface area contributed by atoms with Crippen LogP contribution < -0.4 is 4.74 Å². The monoisotopic (exact) mass is 342 g/mol. The fourth-order valence-electron chi connectivity index (χ4n) is 0.718. The number of rotatable bonds is 3. The van der Waals surface area contributed by atoms with Gasteiger partial charge in [-0.05, 0) is 50.7 Å². The minimum atomic E-state index is 0.276. The fourth-order valence-corrected chi connectivity index (χ4v) is 1.57. The van der Waals surface area contributed by atoms with Gasteiger partial charge in [0.2, 0.25) is 0 Å². The standard InChI is InChI=1S/C8H8BrIO2/c1-11-5-12-7-4-2-3-6(10)8(7)9/h2-4H,5H2,1H3. The molecule has 0 atom stereocenters. The molecule has 66 valence electrons. The topological polar surface area (TPSA) is 18.5 Å². The van der Waals surface area contributed by atoms with Crippen LogP contribution in [0.1, 0.15) is 0 Å². The first-order valence-electron chi connectivity index (χ1n) is 3.31. The van der Waals surface area contributed by atoms with E-state index in [9.17, 15) is 0 Å². The summed E-state index contributed by atoms with van der Waals surface area (Å²) in [5.41, 5.74) is 0. The maximum Gasteiger partial charge on any atom is 0.188 e. The Balaban J connectivity index is 2.78. The van der Waals surface area contributed by atoms with Crippen LogP contribution in [0, 0.1) is 3.57 Å². The molecule has 0 heterocycles. The lowest BCUT2D eigenvalue weighted by Gasteiger charge is -2.07. The highest BCUT2D eigenvalue weighted by Crippen LogP contribution is 2.29. The number of halogens is 2. The number of ether oxygens (including phenoxy) is 2. The zero-order valence-electron chi connectivity index (χ0n) is 6.51. The summed E-state index contributed by atoms with van der Waals surface area (Å²) < 4.78 is 12.2. The van der Waals surface area contributed by atoms with Crippen molar-refractivity contribution in [3.05, 3.63) is 26.2 Å². The molecule has 0 saturated heterocycles. The van der Waals surface area contributed by atoms with Gasteiger partial charge < -0.3 is 9.47 Å². The van der Waals surface area contributed by atoms with E-state index >= 15 is 0 Å². The largest absolute Gasteiger partial charge is 0.466 e. The summed E-state index contributed by atoms with van der Waals surface area (Å²) in [6.45, 7) is 0.276. The van der Waals surface area contributed by atoms with E-state index < -0.39 is 0 Å². The van der Waals surface area contributed by atoms with E-state index in [1.54, 1.807) is 7.11 Å². The van der Waals surface area contributed by atoms with Crippen molar-refractivity contribution in [2.45, 2.75) is 0 Å². The van der Waals surface area contributed by atoms with Crippen molar-refractivity contribution in [1.82, 2.24) is 0 Å². The van der Waals surface area contributed by atoms with Crippen LogP contribution in [0.3, 0.4) is 0 Å². The van der Waals surface area contributed by atoms with Gasteiger partial charge >= 0.3 is 0 Å². The van der Waals surface area contributed by atoms with E-state index in [2.05, 4.69) is 38.5 Å². The van der Waals surface area contributed by atoms with Gasteiger partial charge in [-0.3, -0.25) is 0 Å². The summed E-state index contributed by atoms with van der Waals surface area (Å²) in [6, 6.07) is 5.84. The van der Waals surface area contributed by atoms with E-state index in [1.165, 1.54) is 0 Å². The zero-order chi connectivity index (χ0) is 8.97. The van der Waals surface area contributed by atoms with E-state index in [-0.39, 0.29) is 6.79 Å². The molecule has 1 aromatic rings. The Labute approximate surface area is 93.5 Å². The molecule has 0 radical (unpaired) electrons. The van der Waals surface area contributed by atoms with Gasteiger partial charge in [-0.1, -0.05) is 6.07 Å². The van der Waals surface area contributed by atoms with Gasteiger partial charge in [-0.15, -0.1) is 0 Å². The molecule has 0 fully saturated rings. The molecule has 0 aromatic heterocycles. The Morgan fingerprint density at radius 3 is 2.92 bits per heavy atom. The number of methoxy groups -OCH3 is 1. The van der Waals surface area contributed by atoms with Crippen LogP contribution in [0.25, 0.3) is 0 Å². The molecule has 0 unspecified atom stereocenters. The van der Waals surface area contributed by atoms with Crippen LogP contribution >= 0.6 is 38.5 Å². The van der Waals surface area contributed by atoms with Crippen LogP contribution in [-0.2, 0) is 4.74 Å². The predicted molar refractivity (Wildman–Crippen MR) is 59.4 cm³/mol. The summed E-state index contributed by atoms with van der Waals surface area (Å²) in [6.07, 6.45) is 0. The van der Waals surface area contributed by atoms with Crippen LogP contribution in [0.15, 0.2) is 22.7 Å². The van der Waals surface area contributed by atoms with Crippen LogP contribution in [0.5, 0.6) is 5.75 Å². The Morgan fingerprint density at radius 1 is 1.50 bits per heavy atom. The third kappa shape index (κ3) is 2.60. The summed E-state index contributed by atoms with van der Waals surface area (Å²) >= 11 is 5.66. The van der Waals surface area contributed by atoms with Crippen molar-refractivity contribution in [2.75, 3.05) is 13.9 Å². The quantitative estimate of drug-likeness (QED) is 0.621. The molecule has 1 rings (SSSR count). The molecular weight excluding hydrogens is 335 g/mol. The highest BCUT2D eigenvalue weighted by molar-refractivity contribution is 14.1. The van der Waals surface area contributed by atoms with Gasteiger partial charge in [0.15, 0.2) is 6.79 Å². The Morgan fingerprint density at radius 2 is 2.25 bits per heavy atom. The second-order valence-corrected chi connectivity index (χ2v) is 4.06. The van der Waals surface area contributed by atoms with Gasteiger partial charge in [0.05, 0.1) is 4.47 Å². The van der Waals surface area contributed by atoms with Gasteiger partial charge in [0.25, 0.3) is 0 Å². The summed E-state index contributed by atoms with van der Waals surface area (Å²) in [5.74, 6) is 0.809. The highest BCUT2D eigenvalue weighted by atomic mass is 127. The molecule has 0 saturated carbocycles. The van der Waals surface area contributed by atoms with E-state index in [4.69, 9.17) is 9.47 Å². The SMILES string of the molecule is COCOc1cccc(I)c1Br. The fraction of sp³-hybridized carbons (Fsp3) is 0.250. The molecule has 0 N–H and O–H groups in total. The Bertz CT molecular complexity index is 265. The molecule has 4 heteroatoms. The first kappa shape index (κ1) is 10.3. The Hall–Kier alpha value is 0.190. The second kappa shape index (κ2) is 5.04. The smallest absolute Gasteiger partial charge is 0.188 e. The van der Waals surface area contributed by atoms with Crippen molar-refractivity contribution in [1.29, 1.82) is 0 Å². The van der Waals surface area contributed by atoms with Crippen LogP contribution in [0.4, 0.5) is 0 Å². The molecule has 1 aromatic carbocycles. The van der Waals surface area contributed by atoms with Crippen molar-refractivity contribution >= 4 is 38.5 Å². The van der Waals surface area contributed by atoms with Crippen LogP contribution in [0.2, 0.25) is 0 Å². The molecule has 2 nitrogen and oxygen atoms in total. The van der Waals surface area contributed by atoms with Crippen molar-refractivity contribution in [2.24, 2.45) is 0 Å². The van der Waals surface area contributed by atoms with Gasteiger partial charge in [-0.25, -0.2) is 0 Å². The first-order chi connectivity index (χ1) is 5.75. The molecule has 0 aliphatic heterocycles. The molecule has 0 aliphatic carbocycles.